The zero-order valence-electron chi connectivity index (χ0n) is 17.0. The molecule has 0 aromatic rings. The molecular weight excluding hydrogens is 463 g/mol. The van der Waals surface area contributed by atoms with Crippen LogP contribution in [-0.4, -0.2) is 113 Å². The van der Waals surface area contributed by atoms with Crippen molar-refractivity contribution in [3.05, 3.63) is 0 Å². The summed E-state index contributed by atoms with van der Waals surface area (Å²) in [7, 11) is 0. The monoisotopic (exact) mass is 486 g/mol. The molecule has 32 heavy (non-hydrogen) atoms. The van der Waals surface area contributed by atoms with E-state index in [2.05, 4.69) is 0 Å². The maximum atomic E-state index is 10.3. The second-order valence-corrected chi connectivity index (χ2v) is 5.46. The fraction of sp³-hybridized carbons (Fsp3) is 0.600. The van der Waals surface area contributed by atoms with Crippen LogP contribution >= 0.6 is 0 Å². The van der Waals surface area contributed by atoms with Gasteiger partial charge in [-0.05, 0) is 20.8 Å². The summed E-state index contributed by atoms with van der Waals surface area (Å²) in [5, 5.41) is 85.7. The van der Waals surface area contributed by atoms with Gasteiger partial charge in [-0.3, -0.25) is 9.59 Å². The van der Waals surface area contributed by atoms with E-state index in [0.29, 0.717) is 0 Å². The van der Waals surface area contributed by atoms with E-state index in [0.717, 1.165) is 20.8 Å². The minimum Gasteiger partial charge on any atom is -0.547 e. The van der Waals surface area contributed by atoms with Gasteiger partial charge in [0.15, 0.2) is 5.60 Å². The Morgan fingerprint density at radius 3 is 0.875 bits per heavy atom. The van der Waals surface area contributed by atoms with Crippen molar-refractivity contribution in [3.63, 3.8) is 0 Å². The second-order valence-electron chi connectivity index (χ2n) is 5.46. The van der Waals surface area contributed by atoms with Gasteiger partial charge in [0.25, 0.3) is 0 Å². The minimum absolute atomic E-state index is 0. The van der Waals surface area contributed by atoms with Crippen molar-refractivity contribution in [2.45, 2.75) is 57.5 Å². The number of carboxylic acids is 6. The largest absolute Gasteiger partial charge is 3.00 e. The maximum Gasteiger partial charge on any atom is 3.00 e. The summed E-state index contributed by atoms with van der Waals surface area (Å²) in [6.45, 7) is 3.40. The van der Waals surface area contributed by atoms with Gasteiger partial charge in [-0.1, -0.05) is 0 Å². The Hall–Kier alpha value is -2.81. The topological polar surface area (TPSA) is 313 Å². The number of rotatable bonds is 8. The van der Waals surface area contributed by atoms with E-state index < -0.39 is 72.6 Å². The minimum atomic E-state index is -2.74. The first-order valence-corrected chi connectivity index (χ1v) is 7.77. The zero-order valence-corrected chi connectivity index (χ0v) is 18.2. The molecule has 0 amide bonds. The summed E-state index contributed by atoms with van der Waals surface area (Å²) < 4.78 is 0. The van der Waals surface area contributed by atoms with E-state index in [-0.39, 0.29) is 17.4 Å². The van der Waals surface area contributed by atoms with Crippen LogP contribution in [-0.2, 0) is 28.8 Å². The van der Waals surface area contributed by atoms with Crippen molar-refractivity contribution >= 4 is 53.2 Å². The third-order valence-electron chi connectivity index (χ3n) is 2.31. The summed E-state index contributed by atoms with van der Waals surface area (Å²) in [6.07, 6.45) is -6.32. The van der Waals surface area contributed by atoms with Gasteiger partial charge in [0.1, 0.15) is 0 Å². The number of hydrogen-bond donors (Lipinski definition) is 7. The van der Waals surface area contributed by atoms with Gasteiger partial charge in [-0.2, -0.15) is 0 Å². The molecule has 0 aliphatic rings. The molecule has 0 fully saturated rings. The van der Waals surface area contributed by atoms with Gasteiger partial charge < -0.3 is 65.4 Å². The van der Waals surface area contributed by atoms with Crippen LogP contribution in [0.3, 0.4) is 0 Å². The number of carboxylic acid groups (broad SMARTS) is 6. The zero-order chi connectivity index (χ0) is 26.1. The molecule has 3 atom stereocenters. The van der Waals surface area contributed by atoms with E-state index in [4.69, 9.17) is 35.7 Å². The maximum absolute atomic E-state index is 10.3. The van der Waals surface area contributed by atoms with Crippen LogP contribution in [0.5, 0.6) is 0 Å². The predicted molar refractivity (Wildman–Crippen MR) is 92.9 cm³/mol. The van der Waals surface area contributed by atoms with Crippen LogP contribution in [0, 0.1) is 0 Å². The first kappa shape index (κ1) is 39.6. The van der Waals surface area contributed by atoms with Gasteiger partial charge in [0, 0.05) is 0 Å². The van der Waals surface area contributed by atoms with Crippen LogP contribution < -0.4 is 15.3 Å². The van der Waals surface area contributed by atoms with Crippen LogP contribution in [0.1, 0.15) is 33.6 Å². The van der Waals surface area contributed by atoms with Crippen molar-refractivity contribution in [2.75, 3.05) is 0 Å². The predicted octanol–water partition coefficient (Wildman–Crippen LogP) is -7.28. The molecule has 0 heterocycles. The molecule has 0 aromatic carbocycles. The van der Waals surface area contributed by atoms with E-state index in [1.807, 2.05) is 0 Å². The first-order chi connectivity index (χ1) is 13.7. The number of hydrogen-bond acceptors (Lipinski definition) is 13. The van der Waals surface area contributed by atoms with Gasteiger partial charge in [-0.15, -0.1) is 0 Å². The Morgan fingerprint density at radius 1 is 0.656 bits per heavy atom. The molecule has 0 bridgehead atoms. The van der Waals surface area contributed by atoms with E-state index >= 15 is 0 Å². The first-order valence-electron chi connectivity index (χ1n) is 7.77. The summed E-state index contributed by atoms with van der Waals surface area (Å²) in [4.78, 5) is 58.5. The molecule has 182 valence electrons. The Labute approximate surface area is 191 Å². The van der Waals surface area contributed by atoms with E-state index in [9.17, 15) is 44.1 Å². The average molecular weight is 486 g/mol. The van der Waals surface area contributed by atoms with Crippen LogP contribution in [0.15, 0.2) is 0 Å². The number of aliphatic carboxylic acids is 6. The number of carbonyl (C=O) groups excluding carboxylic acids is 3. The van der Waals surface area contributed by atoms with Crippen molar-refractivity contribution < 1.29 is 79.8 Å². The SMILES string of the molecule is CC(O)C(=O)[O-].CC(O)C(=O)[O-].CC(O)C(=O)[O-].O=C(O)CC(O)(CC(=O)O)C(=O)O.[Al+3]. The average Bonchev–Trinajstić information content (AvgIpc) is 2.54. The molecular formula is C15H23AlO16. The molecule has 3 unspecified atom stereocenters. The summed E-state index contributed by atoms with van der Waals surface area (Å²) >= 11 is 0. The standard InChI is InChI=1S/C6H8O7.3C3H6O3.Al/c7-3(8)1-6(13,5(11)12)2-4(9)10;3*1-2(4)3(5)6;/h13H,1-2H2,(H,7,8)(H,9,10)(H,11,12);3*2,4H,1H3,(H,5,6);/q;;;;+3/p-3. The molecule has 0 saturated heterocycles. The van der Waals surface area contributed by atoms with Crippen molar-refractivity contribution in [1.82, 2.24) is 0 Å². The third kappa shape index (κ3) is 29.4. The summed E-state index contributed by atoms with van der Waals surface area (Å²) in [6, 6.07) is 0. The number of aliphatic hydroxyl groups excluding tert-OH is 3. The molecule has 0 saturated carbocycles. The fourth-order valence-corrected chi connectivity index (χ4v) is 0.714. The molecule has 0 radical (unpaired) electrons. The Bertz CT molecular complexity index is 554. The fourth-order valence-electron chi connectivity index (χ4n) is 0.714. The van der Waals surface area contributed by atoms with Crippen LogP contribution in [0.2, 0.25) is 0 Å². The Morgan fingerprint density at radius 2 is 0.812 bits per heavy atom. The molecule has 7 N–H and O–H groups in total. The third-order valence-corrected chi connectivity index (χ3v) is 2.31. The quantitative estimate of drug-likeness (QED) is 0.157. The van der Waals surface area contributed by atoms with Crippen molar-refractivity contribution in [3.8, 4) is 0 Å². The molecule has 0 aromatic heterocycles. The molecule has 16 nitrogen and oxygen atoms in total. The molecule has 0 aliphatic carbocycles. The van der Waals surface area contributed by atoms with E-state index in [1.54, 1.807) is 0 Å². The molecule has 0 aliphatic heterocycles. The van der Waals surface area contributed by atoms with Gasteiger partial charge in [-0.25, -0.2) is 4.79 Å². The molecule has 17 heteroatoms. The number of aliphatic hydroxyl groups is 4. The van der Waals surface area contributed by atoms with E-state index in [1.165, 1.54) is 0 Å². The Balaban J connectivity index is -0.000000109. The molecule has 0 rings (SSSR count). The van der Waals surface area contributed by atoms with Crippen LogP contribution in [0.25, 0.3) is 0 Å². The normalized spacial score (nSPS) is 12.1. The van der Waals surface area contributed by atoms with Gasteiger partial charge >= 0.3 is 35.3 Å². The Kier molecular flexibility index (Phi) is 24.9. The smallest absolute Gasteiger partial charge is 0.547 e. The van der Waals surface area contributed by atoms with Gasteiger partial charge in [0.2, 0.25) is 0 Å². The number of carbonyl (C=O) groups is 6. The molecule has 0 spiro atoms. The van der Waals surface area contributed by atoms with Crippen molar-refractivity contribution in [1.29, 1.82) is 0 Å². The second kappa shape index (κ2) is 20.1. The van der Waals surface area contributed by atoms with Crippen LogP contribution in [0.4, 0.5) is 0 Å². The summed E-state index contributed by atoms with van der Waals surface area (Å²) in [5.74, 6) is -9.32. The van der Waals surface area contributed by atoms with Crippen molar-refractivity contribution in [2.24, 2.45) is 0 Å². The summed E-state index contributed by atoms with van der Waals surface area (Å²) in [5.41, 5.74) is -2.74. The van der Waals surface area contributed by atoms with Gasteiger partial charge in [0.05, 0.1) is 49.1 Å².